The Kier molecular flexibility index (Phi) is 3.94. The van der Waals surface area contributed by atoms with Crippen molar-refractivity contribution in [1.82, 2.24) is 15.1 Å². The zero-order chi connectivity index (χ0) is 14.1. The summed E-state index contributed by atoms with van der Waals surface area (Å²) in [5.41, 5.74) is 4.81. The van der Waals surface area contributed by atoms with E-state index in [-0.39, 0.29) is 0 Å². The van der Waals surface area contributed by atoms with Crippen LogP contribution in [0.15, 0.2) is 28.7 Å². The Morgan fingerprint density at radius 1 is 1.40 bits per heavy atom. The number of aryl methyl sites for hydroxylation is 2. The zero-order valence-electron chi connectivity index (χ0n) is 12.0. The maximum absolute atomic E-state index is 4.74. The highest BCUT2D eigenvalue weighted by atomic mass is 79.9. The number of piperidine rings is 1. The quantitative estimate of drug-likeness (QED) is 0.909. The van der Waals surface area contributed by atoms with Crippen molar-refractivity contribution in [3.05, 3.63) is 40.0 Å². The first kappa shape index (κ1) is 13.8. The lowest BCUT2D eigenvalue weighted by Crippen LogP contribution is -2.29. The molecular formula is C16H20BrN3. The number of benzene rings is 1. The third kappa shape index (κ3) is 2.54. The topological polar surface area (TPSA) is 29.9 Å². The van der Waals surface area contributed by atoms with E-state index in [0.29, 0.717) is 5.92 Å². The molecule has 20 heavy (non-hydrogen) atoms. The van der Waals surface area contributed by atoms with Gasteiger partial charge < -0.3 is 5.32 Å². The van der Waals surface area contributed by atoms with Gasteiger partial charge in [-0.3, -0.25) is 4.68 Å². The Balaban J connectivity index is 2.02. The molecule has 1 atom stereocenters. The highest BCUT2D eigenvalue weighted by Gasteiger charge is 2.24. The molecule has 3 rings (SSSR count). The zero-order valence-corrected chi connectivity index (χ0v) is 13.6. The minimum atomic E-state index is 0.550. The summed E-state index contributed by atoms with van der Waals surface area (Å²) in [6.45, 7) is 4.30. The summed E-state index contributed by atoms with van der Waals surface area (Å²) in [5, 5.41) is 8.22. The maximum atomic E-state index is 4.74. The number of nitrogens with one attached hydrogen (secondary N) is 1. The second-order valence-electron chi connectivity index (χ2n) is 5.58. The molecule has 0 saturated carbocycles. The summed E-state index contributed by atoms with van der Waals surface area (Å²) in [6, 6.07) is 8.53. The minimum Gasteiger partial charge on any atom is -0.316 e. The molecule has 2 aromatic rings. The van der Waals surface area contributed by atoms with Gasteiger partial charge in [0.05, 0.1) is 10.2 Å². The van der Waals surface area contributed by atoms with E-state index >= 15 is 0 Å². The molecule has 1 unspecified atom stereocenters. The van der Waals surface area contributed by atoms with Crippen molar-refractivity contribution in [2.24, 2.45) is 7.05 Å². The van der Waals surface area contributed by atoms with Crippen LogP contribution in [-0.2, 0) is 7.05 Å². The molecule has 106 valence electrons. The third-order valence-electron chi connectivity index (χ3n) is 4.01. The summed E-state index contributed by atoms with van der Waals surface area (Å²) < 4.78 is 3.19. The highest BCUT2D eigenvalue weighted by molar-refractivity contribution is 9.10. The van der Waals surface area contributed by atoms with Crippen LogP contribution in [0.25, 0.3) is 11.3 Å². The molecule has 2 heterocycles. The van der Waals surface area contributed by atoms with Crippen molar-refractivity contribution < 1.29 is 0 Å². The summed E-state index contributed by atoms with van der Waals surface area (Å²) in [6.07, 6.45) is 2.47. The molecule has 3 nitrogen and oxygen atoms in total. The van der Waals surface area contributed by atoms with Crippen LogP contribution in [0.5, 0.6) is 0 Å². The van der Waals surface area contributed by atoms with Gasteiger partial charge >= 0.3 is 0 Å². The van der Waals surface area contributed by atoms with Gasteiger partial charge in [0.25, 0.3) is 0 Å². The molecule has 1 aliphatic heterocycles. The molecule has 0 spiro atoms. The van der Waals surface area contributed by atoms with Crippen LogP contribution in [-0.4, -0.2) is 22.9 Å². The van der Waals surface area contributed by atoms with E-state index in [1.165, 1.54) is 29.7 Å². The Morgan fingerprint density at radius 2 is 2.25 bits per heavy atom. The molecule has 4 heteroatoms. The van der Waals surface area contributed by atoms with Crippen molar-refractivity contribution in [3.8, 4) is 11.3 Å². The van der Waals surface area contributed by atoms with Crippen molar-refractivity contribution in [1.29, 1.82) is 0 Å². The normalized spacial score (nSPS) is 19.2. The average molecular weight is 334 g/mol. The summed E-state index contributed by atoms with van der Waals surface area (Å²) >= 11 is 3.79. The smallest absolute Gasteiger partial charge is 0.107 e. The predicted molar refractivity (Wildman–Crippen MR) is 85.9 cm³/mol. The minimum absolute atomic E-state index is 0.550. The second-order valence-corrected chi connectivity index (χ2v) is 6.38. The SMILES string of the molecule is Cc1cccc(-c2nn(C)c(C3CCCNC3)c2Br)c1. The number of rotatable bonds is 2. The number of hydrogen-bond acceptors (Lipinski definition) is 2. The lowest BCUT2D eigenvalue weighted by atomic mass is 9.95. The number of halogens is 1. The molecular weight excluding hydrogens is 314 g/mol. The van der Waals surface area contributed by atoms with Gasteiger partial charge in [0.1, 0.15) is 5.69 Å². The van der Waals surface area contributed by atoms with E-state index in [1.54, 1.807) is 0 Å². The van der Waals surface area contributed by atoms with Gasteiger partial charge in [0, 0.05) is 25.1 Å². The molecule has 1 N–H and O–H groups in total. The molecule has 1 aromatic heterocycles. The Labute approximate surface area is 128 Å². The van der Waals surface area contributed by atoms with E-state index in [2.05, 4.69) is 52.4 Å². The van der Waals surface area contributed by atoms with E-state index in [4.69, 9.17) is 5.10 Å². The molecule has 0 aliphatic carbocycles. The van der Waals surface area contributed by atoms with Crippen molar-refractivity contribution in [2.75, 3.05) is 13.1 Å². The highest BCUT2D eigenvalue weighted by Crippen LogP contribution is 2.36. The fraction of sp³-hybridized carbons (Fsp3) is 0.438. The monoisotopic (exact) mass is 333 g/mol. The molecule has 0 amide bonds. The van der Waals surface area contributed by atoms with Crippen molar-refractivity contribution >= 4 is 15.9 Å². The molecule has 1 fully saturated rings. The Bertz CT molecular complexity index is 612. The van der Waals surface area contributed by atoms with Gasteiger partial charge in [0.15, 0.2) is 0 Å². The summed E-state index contributed by atoms with van der Waals surface area (Å²) in [7, 11) is 2.05. The number of hydrogen-bond donors (Lipinski definition) is 1. The molecule has 1 saturated heterocycles. The lowest BCUT2D eigenvalue weighted by molar-refractivity contribution is 0.440. The Hall–Kier alpha value is -1.13. The first-order chi connectivity index (χ1) is 9.66. The van der Waals surface area contributed by atoms with Crippen LogP contribution in [0, 0.1) is 6.92 Å². The summed E-state index contributed by atoms with van der Waals surface area (Å²) in [4.78, 5) is 0. The van der Waals surface area contributed by atoms with E-state index in [0.717, 1.165) is 23.3 Å². The first-order valence-electron chi connectivity index (χ1n) is 7.17. The first-order valence-corrected chi connectivity index (χ1v) is 7.96. The van der Waals surface area contributed by atoms with Gasteiger partial charge in [-0.05, 0) is 48.3 Å². The molecule has 1 aliphatic rings. The van der Waals surface area contributed by atoms with Crippen molar-refractivity contribution in [3.63, 3.8) is 0 Å². The van der Waals surface area contributed by atoms with Crippen LogP contribution in [0.1, 0.15) is 30.0 Å². The molecule has 0 radical (unpaired) electrons. The molecule has 1 aromatic carbocycles. The van der Waals surface area contributed by atoms with Crippen LogP contribution in [0.2, 0.25) is 0 Å². The van der Waals surface area contributed by atoms with Crippen LogP contribution in [0.3, 0.4) is 0 Å². The lowest BCUT2D eigenvalue weighted by Gasteiger charge is -2.23. The van der Waals surface area contributed by atoms with E-state index in [9.17, 15) is 0 Å². The van der Waals surface area contributed by atoms with Crippen LogP contribution >= 0.6 is 15.9 Å². The van der Waals surface area contributed by atoms with Gasteiger partial charge in [-0.1, -0.05) is 23.8 Å². The number of nitrogens with zero attached hydrogens (tertiary/aromatic N) is 2. The van der Waals surface area contributed by atoms with Crippen molar-refractivity contribution in [2.45, 2.75) is 25.7 Å². The maximum Gasteiger partial charge on any atom is 0.107 e. The van der Waals surface area contributed by atoms with Crippen LogP contribution in [0.4, 0.5) is 0 Å². The fourth-order valence-corrected chi connectivity index (χ4v) is 3.91. The predicted octanol–water partition coefficient (Wildman–Crippen LogP) is 3.63. The van der Waals surface area contributed by atoms with Gasteiger partial charge in [-0.15, -0.1) is 0 Å². The van der Waals surface area contributed by atoms with Crippen LogP contribution < -0.4 is 5.32 Å². The second kappa shape index (κ2) is 5.70. The average Bonchev–Trinajstić information content (AvgIpc) is 2.75. The van der Waals surface area contributed by atoms with E-state index in [1.807, 2.05) is 11.7 Å². The largest absolute Gasteiger partial charge is 0.316 e. The summed E-state index contributed by atoms with van der Waals surface area (Å²) in [5.74, 6) is 0.550. The fourth-order valence-electron chi connectivity index (χ4n) is 3.02. The Morgan fingerprint density at radius 3 is 2.95 bits per heavy atom. The molecule has 0 bridgehead atoms. The number of aromatic nitrogens is 2. The van der Waals surface area contributed by atoms with Gasteiger partial charge in [0.2, 0.25) is 0 Å². The standard InChI is InChI=1S/C16H20BrN3/c1-11-5-3-6-12(9-11)15-14(17)16(20(2)19-15)13-7-4-8-18-10-13/h3,5-6,9,13,18H,4,7-8,10H2,1-2H3. The third-order valence-corrected chi connectivity index (χ3v) is 4.79. The van der Waals surface area contributed by atoms with Gasteiger partial charge in [-0.25, -0.2) is 0 Å². The van der Waals surface area contributed by atoms with E-state index < -0.39 is 0 Å². The van der Waals surface area contributed by atoms with Gasteiger partial charge in [-0.2, -0.15) is 5.10 Å².